The second-order valence-corrected chi connectivity index (χ2v) is 4.01. The van der Waals surface area contributed by atoms with Crippen molar-refractivity contribution in [3.8, 4) is 0 Å². The van der Waals surface area contributed by atoms with Crippen molar-refractivity contribution in [2.75, 3.05) is 20.1 Å². The van der Waals surface area contributed by atoms with Crippen molar-refractivity contribution in [2.45, 2.75) is 12.5 Å². The lowest BCUT2D eigenvalue weighted by Crippen LogP contribution is -2.18. The van der Waals surface area contributed by atoms with Gasteiger partial charge in [-0.1, -0.05) is 0 Å². The summed E-state index contributed by atoms with van der Waals surface area (Å²) in [5, 5.41) is 0. The molecule has 0 aliphatic rings. The minimum absolute atomic E-state index is 0.695. The molecule has 0 N–H and O–H groups in total. The number of rotatable bonds is 5. The number of halogens is 1. The number of hydrogen-bond acceptors (Lipinski definition) is 2. The van der Waals surface area contributed by atoms with Crippen LogP contribution >= 0.6 is 11.6 Å². The molecule has 0 atom stereocenters. The average Bonchev–Trinajstić information content (AvgIpc) is 1.91. The molecule has 0 heterocycles. The molecule has 0 amide bonds. The van der Waals surface area contributed by atoms with E-state index in [9.17, 15) is 0 Å². The van der Waals surface area contributed by atoms with Gasteiger partial charge in [0.1, 0.15) is 0 Å². The van der Waals surface area contributed by atoms with Gasteiger partial charge in [0.2, 0.25) is 0 Å². The Labute approximate surface area is 63.0 Å². The van der Waals surface area contributed by atoms with Crippen molar-refractivity contribution < 1.29 is 8.85 Å². The fraction of sp³-hybridized carbons (Fsp3) is 1.00. The van der Waals surface area contributed by atoms with Crippen molar-refractivity contribution >= 4 is 20.9 Å². The summed E-state index contributed by atoms with van der Waals surface area (Å²) in [4.78, 5) is 0. The third-order valence-corrected chi connectivity index (χ3v) is 2.91. The predicted molar refractivity (Wildman–Crippen MR) is 39.9 cm³/mol. The fourth-order valence-corrected chi connectivity index (χ4v) is 1.90. The molecule has 0 spiro atoms. The monoisotopic (exact) mass is 167 g/mol. The smallest absolute Gasteiger partial charge is 0.384 e. The Morgan fingerprint density at radius 1 is 1.33 bits per heavy atom. The van der Waals surface area contributed by atoms with Crippen LogP contribution in [0.5, 0.6) is 0 Å². The van der Waals surface area contributed by atoms with Crippen LogP contribution in [0, 0.1) is 0 Å². The molecule has 4 heteroatoms. The molecule has 0 saturated heterocycles. The normalized spacial score (nSPS) is 10.7. The lowest BCUT2D eigenvalue weighted by Gasteiger charge is -2.06. The van der Waals surface area contributed by atoms with Gasteiger partial charge in [-0.15, -0.1) is 11.6 Å². The Kier molecular flexibility index (Phi) is 6.86. The highest BCUT2D eigenvalue weighted by Crippen LogP contribution is 1.99. The molecule has 9 heavy (non-hydrogen) atoms. The molecule has 0 rings (SSSR count). The molecule has 0 unspecified atom stereocenters. The first-order valence-electron chi connectivity index (χ1n) is 2.85. The van der Waals surface area contributed by atoms with E-state index < -0.39 is 9.28 Å². The van der Waals surface area contributed by atoms with Gasteiger partial charge in [-0.25, -0.2) is 0 Å². The molecule has 0 aromatic rings. The van der Waals surface area contributed by atoms with E-state index in [1.807, 2.05) is 0 Å². The zero-order chi connectivity index (χ0) is 7.11. The maximum absolute atomic E-state index is 5.46. The van der Waals surface area contributed by atoms with E-state index in [4.69, 9.17) is 20.5 Å². The van der Waals surface area contributed by atoms with E-state index in [1.54, 1.807) is 14.2 Å². The first-order chi connectivity index (χ1) is 4.35. The molecular formula is C5H12ClO2Si. The summed E-state index contributed by atoms with van der Waals surface area (Å²) in [6.07, 6.45) is 0.984. The molecule has 55 valence electrons. The lowest BCUT2D eigenvalue weighted by molar-refractivity contribution is 0.277. The Hall–Kier alpha value is 0.427. The molecule has 0 aromatic heterocycles. The first kappa shape index (κ1) is 9.43. The van der Waals surface area contributed by atoms with E-state index in [1.165, 1.54) is 0 Å². The van der Waals surface area contributed by atoms with Crippen molar-refractivity contribution in [3.63, 3.8) is 0 Å². The number of hydrogen-bond donors (Lipinski definition) is 0. The van der Waals surface area contributed by atoms with Crippen LogP contribution in [0.25, 0.3) is 0 Å². The SMILES string of the molecule is CO[Si](CCCCl)OC. The van der Waals surface area contributed by atoms with Crippen LogP contribution in [0.15, 0.2) is 0 Å². The Morgan fingerprint density at radius 3 is 2.22 bits per heavy atom. The molecule has 0 saturated carbocycles. The van der Waals surface area contributed by atoms with Crippen LogP contribution < -0.4 is 0 Å². The molecule has 1 radical (unpaired) electrons. The highest BCUT2D eigenvalue weighted by molar-refractivity contribution is 6.44. The van der Waals surface area contributed by atoms with Crippen molar-refractivity contribution in [3.05, 3.63) is 0 Å². The lowest BCUT2D eigenvalue weighted by atomic mass is 10.6. The van der Waals surface area contributed by atoms with Crippen LogP contribution in [-0.4, -0.2) is 29.4 Å². The second kappa shape index (κ2) is 6.55. The highest BCUT2D eigenvalue weighted by Gasteiger charge is 2.09. The third kappa shape index (κ3) is 4.90. The average molecular weight is 168 g/mol. The maximum atomic E-state index is 5.46. The van der Waals surface area contributed by atoms with Gasteiger partial charge < -0.3 is 8.85 Å². The Bertz CT molecular complexity index is 58.9. The minimum atomic E-state index is -0.970. The van der Waals surface area contributed by atoms with Gasteiger partial charge in [-0.3, -0.25) is 0 Å². The third-order valence-electron chi connectivity index (χ3n) is 0.970. The van der Waals surface area contributed by atoms with E-state index in [0.717, 1.165) is 12.5 Å². The van der Waals surface area contributed by atoms with Crippen molar-refractivity contribution in [1.82, 2.24) is 0 Å². The Morgan fingerprint density at radius 2 is 1.89 bits per heavy atom. The molecular weight excluding hydrogens is 156 g/mol. The van der Waals surface area contributed by atoms with Crippen LogP contribution in [0.4, 0.5) is 0 Å². The van der Waals surface area contributed by atoms with E-state index in [-0.39, 0.29) is 0 Å². The first-order valence-corrected chi connectivity index (χ1v) is 4.90. The summed E-state index contributed by atoms with van der Waals surface area (Å²) < 4.78 is 10.0. The van der Waals surface area contributed by atoms with Crippen LogP contribution in [0.2, 0.25) is 6.04 Å². The van der Waals surface area contributed by atoms with Gasteiger partial charge in [0.25, 0.3) is 0 Å². The molecule has 0 fully saturated rings. The van der Waals surface area contributed by atoms with Crippen molar-refractivity contribution in [2.24, 2.45) is 0 Å². The zero-order valence-corrected chi connectivity index (χ0v) is 7.57. The summed E-state index contributed by atoms with van der Waals surface area (Å²) in [5.74, 6) is 0.695. The zero-order valence-electron chi connectivity index (χ0n) is 5.82. The van der Waals surface area contributed by atoms with Gasteiger partial charge >= 0.3 is 9.28 Å². The maximum Gasteiger partial charge on any atom is 0.384 e. The topological polar surface area (TPSA) is 18.5 Å². The number of alkyl halides is 1. The van der Waals surface area contributed by atoms with Gasteiger partial charge in [0.15, 0.2) is 0 Å². The summed E-state index contributed by atoms with van der Waals surface area (Å²) in [7, 11) is 2.37. The summed E-state index contributed by atoms with van der Waals surface area (Å²) in [6, 6.07) is 0.973. The van der Waals surface area contributed by atoms with Crippen LogP contribution in [-0.2, 0) is 8.85 Å². The summed E-state index contributed by atoms with van der Waals surface area (Å²) >= 11 is 5.46. The van der Waals surface area contributed by atoms with Crippen LogP contribution in [0.3, 0.4) is 0 Å². The minimum Gasteiger partial charge on any atom is -0.397 e. The molecule has 0 aliphatic carbocycles. The molecule has 0 bridgehead atoms. The fourth-order valence-electron chi connectivity index (χ4n) is 0.499. The van der Waals surface area contributed by atoms with Crippen LogP contribution in [0.1, 0.15) is 6.42 Å². The molecule has 0 aliphatic heterocycles. The second-order valence-electron chi connectivity index (χ2n) is 1.57. The predicted octanol–water partition coefficient (Wildman–Crippen LogP) is 1.40. The van der Waals surface area contributed by atoms with E-state index in [0.29, 0.717) is 5.88 Å². The summed E-state index contributed by atoms with van der Waals surface area (Å²) in [5.41, 5.74) is 0. The summed E-state index contributed by atoms with van der Waals surface area (Å²) in [6.45, 7) is 0. The molecule has 0 aromatic carbocycles. The largest absolute Gasteiger partial charge is 0.397 e. The van der Waals surface area contributed by atoms with E-state index in [2.05, 4.69) is 0 Å². The molecule has 2 nitrogen and oxygen atoms in total. The van der Waals surface area contributed by atoms with Gasteiger partial charge in [0.05, 0.1) is 0 Å². The van der Waals surface area contributed by atoms with Crippen molar-refractivity contribution in [1.29, 1.82) is 0 Å². The van der Waals surface area contributed by atoms with E-state index >= 15 is 0 Å². The quantitative estimate of drug-likeness (QED) is 0.455. The van der Waals surface area contributed by atoms with Gasteiger partial charge in [-0.05, 0) is 12.5 Å². The highest BCUT2D eigenvalue weighted by atomic mass is 35.5. The van der Waals surface area contributed by atoms with Gasteiger partial charge in [-0.2, -0.15) is 0 Å². The standard InChI is InChI=1S/C5H12ClO2Si/c1-7-9(8-2)5-3-4-6/h3-5H2,1-2H3. The Balaban J connectivity index is 3.09. The van der Waals surface area contributed by atoms with Gasteiger partial charge in [0, 0.05) is 20.1 Å².